The zero-order chi connectivity index (χ0) is 20.5. The van der Waals surface area contributed by atoms with Crippen LogP contribution in [0.15, 0.2) is 36.8 Å². The van der Waals surface area contributed by atoms with Gasteiger partial charge in [0.2, 0.25) is 11.9 Å². The molecule has 30 heavy (non-hydrogen) atoms. The molecule has 8 nitrogen and oxygen atoms in total. The van der Waals surface area contributed by atoms with E-state index in [4.69, 9.17) is 0 Å². The molecular formula is C21H22FN7O. The third-order valence-electron chi connectivity index (χ3n) is 5.44. The Bertz CT molecular complexity index is 1090. The van der Waals surface area contributed by atoms with Gasteiger partial charge in [-0.05, 0) is 31.9 Å². The van der Waals surface area contributed by atoms with E-state index >= 15 is 0 Å². The van der Waals surface area contributed by atoms with Crippen LogP contribution in [0.5, 0.6) is 0 Å². The number of nitrogens with zero attached hydrogens (tertiary/aromatic N) is 4. The third-order valence-corrected chi connectivity index (χ3v) is 5.44. The van der Waals surface area contributed by atoms with Crippen molar-refractivity contribution in [2.45, 2.75) is 31.5 Å². The highest BCUT2D eigenvalue weighted by Crippen LogP contribution is 2.30. The molecule has 0 bridgehead atoms. The number of nitrogens with one attached hydrogen (secondary N) is 3. The third kappa shape index (κ3) is 4.06. The van der Waals surface area contributed by atoms with Gasteiger partial charge in [-0.1, -0.05) is 12.1 Å². The minimum Gasteiger partial charge on any atom is -0.363 e. The number of amides is 1. The van der Waals surface area contributed by atoms with E-state index in [9.17, 15) is 9.18 Å². The first-order valence-corrected chi connectivity index (χ1v) is 10.2. The number of benzene rings is 1. The quantitative estimate of drug-likeness (QED) is 0.597. The van der Waals surface area contributed by atoms with Crippen molar-refractivity contribution in [2.75, 3.05) is 23.7 Å². The molecule has 1 saturated heterocycles. The Morgan fingerprint density at radius 1 is 1.13 bits per heavy atom. The van der Waals surface area contributed by atoms with Crippen molar-refractivity contribution in [1.82, 2.24) is 25.3 Å². The van der Waals surface area contributed by atoms with Crippen molar-refractivity contribution >= 4 is 28.6 Å². The number of halogens is 1. The van der Waals surface area contributed by atoms with E-state index in [1.807, 2.05) is 18.2 Å². The lowest BCUT2D eigenvalue weighted by molar-refractivity contribution is -0.117. The number of aromatic nitrogens is 4. The maximum Gasteiger partial charge on any atom is 0.229 e. The Balaban J connectivity index is 1.38. The van der Waals surface area contributed by atoms with E-state index < -0.39 is 6.17 Å². The summed E-state index contributed by atoms with van der Waals surface area (Å²) in [7, 11) is 0. The van der Waals surface area contributed by atoms with Gasteiger partial charge in [-0.15, -0.1) is 0 Å². The molecule has 1 saturated carbocycles. The van der Waals surface area contributed by atoms with Gasteiger partial charge in [-0.3, -0.25) is 15.1 Å². The molecule has 1 aliphatic heterocycles. The summed E-state index contributed by atoms with van der Waals surface area (Å²) in [5.41, 5.74) is 2.20. The van der Waals surface area contributed by atoms with Crippen LogP contribution in [0.4, 0.5) is 16.2 Å². The van der Waals surface area contributed by atoms with Gasteiger partial charge in [-0.2, -0.15) is 0 Å². The molecule has 0 unspecified atom stereocenters. The summed E-state index contributed by atoms with van der Waals surface area (Å²) < 4.78 is 14.1. The first-order valence-electron chi connectivity index (χ1n) is 10.2. The van der Waals surface area contributed by atoms with Crippen LogP contribution in [0.25, 0.3) is 22.2 Å². The van der Waals surface area contributed by atoms with Gasteiger partial charge in [0.1, 0.15) is 12.0 Å². The largest absolute Gasteiger partial charge is 0.363 e. The van der Waals surface area contributed by atoms with E-state index in [1.165, 1.54) is 0 Å². The lowest BCUT2D eigenvalue weighted by Gasteiger charge is -2.27. The van der Waals surface area contributed by atoms with Crippen LogP contribution in [0.1, 0.15) is 19.3 Å². The smallest absolute Gasteiger partial charge is 0.229 e. The summed E-state index contributed by atoms with van der Waals surface area (Å²) in [6, 6.07) is 5.44. The Morgan fingerprint density at radius 2 is 2.03 bits per heavy atom. The fourth-order valence-corrected chi connectivity index (χ4v) is 3.55. The molecule has 5 rings (SSSR count). The fraction of sp³-hybridized carbons (Fsp3) is 0.381. The standard InChI is InChI=1S/C21H22FN7O/c22-15-9-23-6-5-16(15)26-19-11-24-10-18(27-19)13-3-4-14-8-25-21(28-17(14)7-13)29-20(30)12-1-2-12/h3-4,7-8,10-12,15-16,23H,1-2,5-6,9H2,(H,26,27)(H,25,28,29,30)/t15-,16-/m0/s1. The van der Waals surface area contributed by atoms with E-state index in [2.05, 4.69) is 35.9 Å². The molecule has 3 heterocycles. The summed E-state index contributed by atoms with van der Waals surface area (Å²) in [4.78, 5) is 29.5. The number of piperidine rings is 1. The lowest BCUT2D eigenvalue weighted by atomic mass is 10.1. The second kappa shape index (κ2) is 7.91. The van der Waals surface area contributed by atoms with Crippen LogP contribution in [0.3, 0.4) is 0 Å². The molecule has 3 aromatic rings. The van der Waals surface area contributed by atoms with Crippen LogP contribution in [-0.4, -0.2) is 51.1 Å². The summed E-state index contributed by atoms with van der Waals surface area (Å²) in [6.07, 6.45) is 6.53. The van der Waals surface area contributed by atoms with Crippen LogP contribution in [0.2, 0.25) is 0 Å². The van der Waals surface area contributed by atoms with Gasteiger partial charge in [0.25, 0.3) is 0 Å². The minimum atomic E-state index is -0.967. The summed E-state index contributed by atoms with van der Waals surface area (Å²) in [5, 5.41) is 9.84. The molecule has 0 radical (unpaired) electrons. The first kappa shape index (κ1) is 18.8. The first-order chi connectivity index (χ1) is 14.7. The Kier molecular flexibility index (Phi) is 4.96. The molecule has 2 fully saturated rings. The van der Waals surface area contributed by atoms with Crippen molar-refractivity contribution in [1.29, 1.82) is 0 Å². The average molecular weight is 407 g/mol. The van der Waals surface area contributed by atoms with E-state index in [0.717, 1.165) is 30.3 Å². The average Bonchev–Trinajstić information content (AvgIpc) is 3.61. The predicted octanol–water partition coefficient (Wildman–Crippen LogP) is 2.55. The van der Waals surface area contributed by atoms with Gasteiger partial charge in [0.15, 0.2) is 0 Å². The topological polar surface area (TPSA) is 105 Å². The maximum atomic E-state index is 14.1. The molecule has 2 atom stereocenters. The van der Waals surface area contributed by atoms with Gasteiger partial charge in [0.05, 0.1) is 29.6 Å². The highest BCUT2D eigenvalue weighted by molar-refractivity contribution is 5.93. The van der Waals surface area contributed by atoms with E-state index in [1.54, 1.807) is 18.6 Å². The number of hydrogen-bond donors (Lipinski definition) is 3. The van der Waals surface area contributed by atoms with Gasteiger partial charge in [0, 0.05) is 29.6 Å². The van der Waals surface area contributed by atoms with E-state index in [-0.39, 0.29) is 17.9 Å². The molecule has 0 spiro atoms. The van der Waals surface area contributed by atoms with Crippen LogP contribution in [-0.2, 0) is 4.79 Å². The van der Waals surface area contributed by atoms with E-state index in [0.29, 0.717) is 35.9 Å². The monoisotopic (exact) mass is 407 g/mol. The maximum absolute atomic E-state index is 14.1. The van der Waals surface area contributed by atoms with Crippen molar-refractivity contribution in [3.63, 3.8) is 0 Å². The number of carbonyl (C=O) groups is 1. The molecule has 1 amide bonds. The van der Waals surface area contributed by atoms with Gasteiger partial charge in [-0.25, -0.2) is 19.3 Å². The molecule has 1 aromatic carbocycles. The zero-order valence-corrected chi connectivity index (χ0v) is 16.3. The number of carbonyl (C=O) groups excluding carboxylic acids is 1. The SMILES string of the molecule is O=C(Nc1ncc2ccc(-c3cncc(N[C@H]4CCNC[C@@H]4F)n3)cc2n1)C1CC1. The Morgan fingerprint density at radius 3 is 2.87 bits per heavy atom. The van der Waals surface area contributed by atoms with Crippen molar-refractivity contribution in [3.8, 4) is 11.3 Å². The molecule has 154 valence electrons. The lowest BCUT2D eigenvalue weighted by Crippen LogP contribution is -2.45. The number of rotatable bonds is 5. The summed E-state index contributed by atoms with van der Waals surface area (Å²) in [5.74, 6) is 0.907. The molecule has 3 N–H and O–H groups in total. The molecule has 2 aliphatic rings. The number of alkyl halides is 1. The number of anilines is 2. The number of hydrogen-bond acceptors (Lipinski definition) is 7. The summed E-state index contributed by atoms with van der Waals surface area (Å²) >= 11 is 0. The second-order valence-corrected chi connectivity index (χ2v) is 7.78. The van der Waals surface area contributed by atoms with Crippen molar-refractivity contribution in [2.24, 2.45) is 5.92 Å². The van der Waals surface area contributed by atoms with Crippen LogP contribution >= 0.6 is 0 Å². The highest BCUT2D eigenvalue weighted by Gasteiger charge is 2.30. The Hall–Kier alpha value is -3.20. The minimum absolute atomic E-state index is 0.0285. The van der Waals surface area contributed by atoms with Gasteiger partial charge >= 0.3 is 0 Å². The number of fused-ring (bicyclic) bond motifs is 1. The van der Waals surface area contributed by atoms with Gasteiger partial charge < -0.3 is 10.6 Å². The molecular weight excluding hydrogens is 385 g/mol. The van der Waals surface area contributed by atoms with Crippen LogP contribution < -0.4 is 16.0 Å². The fourth-order valence-electron chi connectivity index (χ4n) is 3.55. The molecule has 2 aromatic heterocycles. The molecule has 9 heteroatoms. The predicted molar refractivity (Wildman–Crippen MR) is 112 cm³/mol. The van der Waals surface area contributed by atoms with Crippen LogP contribution in [0, 0.1) is 5.92 Å². The zero-order valence-electron chi connectivity index (χ0n) is 16.3. The van der Waals surface area contributed by atoms with Crippen molar-refractivity contribution in [3.05, 3.63) is 36.8 Å². The molecule has 1 aliphatic carbocycles. The van der Waals surface area contributed by atoms with Crippen molar-refractivity contribution < 1.29 is 9.18 Å². The second-order valence-electron chi connectivity index (χ2n) is 7.78. The highest BCUT2D eigenvalue weighted by atomic mass is 19.1. The summed E-state index contributed by atoms with van der Waals surface area (Å²) in [6.45, 7) is 1.12. The Labute approximate surface area is 172 Å². The normalized spacial score (nSPS) is 21.4.